The molecule has 0 bridgehead atoms. The molecule has 2 atom stereocenters. The van der Waals surface area contributed by atoms with Gasteiger partial charge in [0.1, 0.15) is 0 Å². The monoisotopic (exact) mass is 195 g/mol. The molecule has 80 valence electrons. The highest BCUT2D eigenvalue weighted by Crippen LogP contribution is 2.32. The lowest BCUT2D eigenvalue weighted by Gasteiger charge is -2.19. The van der Waals surface area contributed by atoms with Gasteiger partial charge in [0.05, 0.1) is 6.10 Å². The van der Waals surface area contributed by atoms with Gasteiger partial charge in [0, 0.05) is 6.54 Å². The van der Waals surface area contributed by atoms with Crippen LogP contribution in [-0.4, -0.2) is 24.3 Å². The average Bonchev–Trinajstić information content (AvgIpc) is 3.02. The number of rotatable bonds is 5. The van der Waals surface area contributed by atoms with E-state index in [4.69, 9.17) is 0 Å². The van der Waals surface area contributed by atoms with Gasteiger partial charge in [-0.3, -0.25) is 0 Å². The van der Waals surface area contributed by atoms with Crippen molar-refractivity contribution >= 4 is 0 Å². The van der Waals surface area contributed by atoms with Crippen molar-refractivity contribution in [2.75, 3.05) is 13.1 Å². The van der Waals surface area contributed by atoms with Crippen molar-refractivity contribution in [3.05, 3.63) is 12.2 Å². The van der Waals surface area contributed by atoms with Crippen LogP contribution in [0.25, 0.3) is 0 Å². The summed E-state index contributed by atoms with van der Waals surface area (Å²) in [7, 11) is 0. The molecule has 0 aromatic heterocycles. The van der Waals surface area contributed by atoms with Gasteiger partial charge in [0.2, 0.25) is 0 Å². The van der Waals surface area contributed by atoms with Crippen molar-refractivity contribution in [1.82, 2.24) is 5.32 Å². The quantitative estimate of drug-likeness (QED) is 0.654. The zero-order valence-corrected chi connectivity index (χ0v) is 8.78. The first kappa shape index (κ1) is 10.2. The van der Waals surface area contributed by atoms with Crippen molar-refractivity contribution in [3.63, 3.8) is 0 Å². The van der Waals surface area contributed by atoms with Crippen LogP contribution in [0.15, 0.2) is 12.2 Å². The van der Waals surface area contributed by atoms with Gasteiger partial charge in [-0.2, -0.15) is 0 Å². The van der Waals surface area contributed by atoms with Crippen LogP contribution in [-0.2, 0) is 0 Å². The van der Waals surface area contributed by atoms with E-state index in [0.29, 0.717) is 5.92 Å². The highest BCUT2D eigenvalue weighted by atomic mass is 16.3. The summed E-state index contributed by atoms with van der Waals surface area (Å²) < 4.78 is 0. The zero-order chi connectivity index (χ0) is 9.80. The Morgan fingerprint density at radius 3 is 2.79 bits per heavy atom. The number of hydrogen-bond donors (Lipinski definition) is 2. The van der Waals surface area contributed by atoms with Crippen LogP contribution in [0.3, 0.4) is 0 Å². The van der Waals surface area contributed by atoms with Crippen molar-refractivity contribution in [2.24, 2.45) is 11.8 Å². The molecule has 0 spiro atoms. The van der Waals surface area contributed by atoms with Crippen molar-refractivity contribution in [3.8, 4) is 0 Å². The summed E-state index contributed by atoms with van der Waals surface area (Å²) in [6, 6.07) is 0. The van der Waals surface area contributed by atoms with Crippen molar-refractivity contribution < 1.29 is 5.11 Å². The second kappa shape index (κ2) is 4.94. The average molecular weight is 195 g/mol. The smallest absolute Gasteiger partial charge is 0.0692 e. The molecule has 2 N–H and O–H groups in total. The predicted molar refractivity (Wildman–Crippen MR) is 58.1 cm³/mol. The molecule has 2 aliphatic carbocycles. The Kier molecular flexibility index (Phi) is 3.60. The van der Waals surface area contributed by atoms with Gasteiger partial charge in [-0.15, -0.1) is 0 Å². The Hall–Kier alpha value is -0.340. The van der Waals surface area contributed by atoms with E-state index in [1.807, 2.05) is 0 Å². The molecule has 2 nitrogen and oxygen atoms in total. The van der Waals surface area contributed by atoms with Gasteiger partial charge in [-0.1, -0.05) is 12.2 Å². The van der Waals surface area contributed by atoms with Crippen LogP contribution < -0.4 is 5.32 Å². The fourth-order valence-corrected chi connectivity index (χ4v) is 2.12. The van der Waals surface area contributed by atoms with Gasteiger partial charge in [-0.25, -0.2) is 0 Å². The maximum atomic E-state index is 9.64. The largest absolute Gasteiger partial charge is 0.392 e. The third kappa shape index (κ3) is 3.10. The molecule has 0 heterocycles. The van der Waals surface area contributed by atoms with E-state index < -0.39 is 0 Å². The Morgan fingerprint density at radius 1 is 1.29 bits per heavy atom. The molecule has 2 aliphatic rings. The number of allylic oxidation sites excluding steroid dienone is 2. The molecule has 0 radical (unpaired) electrons. The van der Waals surface area contributed by atoms with Gasteiger partial charge in [0.25, 0.3) is 0 Å². The van der Waals surface area contributed by atoms with Crippen molar-refractivity contribution in [1.29, 1.82) is 0 Å². The molecule has 14 heavy (non-hydrogen) atoms. The van der Waals surface area contributed by atoms with E-state index in [-0.39, 0.29) is 6.10 Å². The molecular weight excluding hydrogens is 174 g/mol. The molecule has 2 heteroatoms. The SMILES string of the molecule is OC(CNCC1CC=CCC1)C1CC1. The molecular formula is C12H21NO. The van der Waals surface area contributed by atoms with Gasteiger partial charge in [0.15, 0.2) is 0 Å². The van der Waals surface area contributed by atoms with Gasteiger partial charge in [-0.05, 0) is 50.5 Å². The topological polar surface area (TPSA) is 32.3 Å². The summed E-state index contributed by atoms with van der Waals surface area (Å²) in [4.78, 5) is 0. The lowest BCUT2D eigenvalue weighted by Crippen LogP contribution is -2.32. The fraction of sp³-hybridized carbons (Fsp3) is 0.833. The van der Waals surface area contributed by atoms with E-state index in [1.165, 1.54) is 32.1 Å². The fourth-order valence-electron chi connectivity index (χ4n) is 2.12. The minimum Gasteiger partial charge on any atom is -0.392 e. The summed E-state index contributed by atoms with van der Waals surface area (Å²) in [6.45, 7) is 1.87. The minimum absolute atomic E-state index is 0.0888. The Bertz CT molecular complexity index is 198. The highest BCUT2D eigenvalue weighted by Gasteiger charge is 2.29. The molecule has 1 saturated carbocycles. The Morgan fingerprint density at radius 2 is 2.14 bits per heavy atom. The zero-order valence-electron chi connectivity index (χ0n) is 8.78. The second-order valence-corrected chi connectivity index (χ2v) is 4.71. The maximum Gasteiger partial charge on any atom is 0.0692 e. The normalized spacial score (nSPS) is 29.1. The number of aliphatic hydroxyl groups excluding tert-OH is 1. The molecule has 0 amide bonds. The summed E-state index contributed by atoms with van der Waals surface area (Å²) in [6.07, 6.45) is 10.7. The summed E-state index contributed by atoms with van der Waals surface area (Å²) in [5.74, 6) is 1.40. The van der Waals surface area contributed by atoms with E-state index in [9.17, 15) is 5.11 Å². The molecule has 0 saturated heterocycles. The first-order chi connectivity index (χ1) is 6.86. The van der Waals surface area contributed by atoms with Gasteiger partial charge >= 0.3 is 0 Å². The molecule has 0 aromatic carbocycles. The predicted octanol–water partition coefficient (Wildman–Crippen LogP) is 1.70. The van der Waals surface area contributed by atoms with E-state index in [1.54, 1.807) is 0 Å². The Balaban J connectivity index is 1.55. The molecule has 0 aliphatic heterocycles. The van der Waals surface area contributed by atoms with Gasteiger partial charge < -0.3 is 10.4 Å². The van der Waals surface area contributed by atoms with Crippen LogP contribution in [0.4, 0.5) is 0 Å². The molecule has 2 unspecified atom stereocenters. The number of aliphatic hydroxyl groups is 1. The third-order valence-corrected chi connectivity index (χ3v) is 3.33. The van der Waals surface area contributed by atoms with Crippen LogP contribution in [0.5, 0.6) is 0 Å². The highest BCUT2D eigenvalue weighted by molar-refractivity contribution is 4.91. The number of hydrogen-bond acceptors (Lipinski definition) is 2. The summed E-state index contributed by atoms with van der Waals surface area (Å²) in [5, 5.41) is 13.0. The van der Waals surface area contributed by atoms with Crippen molar-refractivity contribution in [2.45, 2.75) is 38.2 Å². The summed E-state index contributed by atoms with van der Waals surface area (Å²) >= 11 is 0. The summed E-state index contributed by atoms with van der Waals surface area (Å²) in [5.41, 5.74) is 0. The minimum atomic E-state index is -0.0888. The van der Waals surface area contributed by atoms with Crippen LogP contribution in [0.1, 0.15) is 32.1 Å². The second-order valence-electron chi connectivity index (χ2n) is 4.71. The maximum absolute atomic E-state index is 9.64. The molecule has 0 aromatic rings. The lowest BCUT2D eigenvalue weighted by molar-refractivity contribution is 0.147. The first-order valence-corrected chi connectivity index (χ1v) is 5.90. The van der Waals surface area contributed by atoms with E-state index in [0.717, 1.165) is 19.0 Å². The lowest BCUT2D eigenvalue weighted by atomic mass is 9.94. The van der Waals surface area contributed by atoms with Crippen LogP contribution >= 0.6 is 0 Å². The Labute approximate surface area is 86.4 Å². The standard InChI is InChI=1S/C12H21NO/c14-12(11-6-7-11)9-13-8-10-4-2-1-3-5-10/h1-2,10-14H,3-9H2. The van der Waals surface area contributed by atoms with E-state index >= 15 is 0 Å². The molecule has 2 rings (SSSR count). The molecule has 1 fully saturated rings. The van der Waals surface area contributed by atoms with Crippen LogP contribution in [0, 0.1) is 11.8 Å². The van der Waals surface area contributed by atoms with Crippen LogP contribution in [0.2, 0.25) is 0 Å². The first-order valence-electron chi connectivity index (χ1n) is 5.90. The van der Waals surface area contributed by atoms with E-state index in [2.05, 4.69) is 17.5 Å². The number of nitrogens with one attached hydrogen (secondary N) is 1. The third-order valence-electron chi connectivity index (χ3n) is 3.33.